The molecule has 0 aliphatic heterocycles. The van der Waals surface area contributed by atoms with Crippen molar-refractivity contribution < 1.29 is 0 Å². The van der Waals surface area contributed by atoms with Crippen LogP contribution in [0.5, 0.6) is 0 Å². The molecule has 1 aromatic heterocycles. The molecule has 1 heterocycles. The van der Waals surface area contributed by atoms with Crippen molar-refractivity contribution in [3.63, 3.8) is 0 Å². The van der Waals surface area contributed by atoms with Gasteiger partial charge in [0.1, 0.15) is 0 Å². The number of nitrogens with zero attached hydrogens (tertiary/aromatic N) is 3. The summed E-state index contributed by atoms with van der Waals surface area (Å²) >= 11 is 0. The van der Waals surface area contributed by atoms with Crippen molar-refractivity contribution in [1.82, 2.24) is 15.0 Å². The van der Waals surface area contributed by atoms with E-state index in [1.807, 2.05) is 60.7 Å². The summed E-state index contributed by atoms with van der Waals surface area (Å²) in [5, 5.41) is 2.39. The smallest absolute Gasteiger partial charge is 0.164 e. The first-order valence-corrected chi connectivity index (χ1v) is 20.3. The van der Waals surface area contributed by atoms with Crippen molar-refractivity contribution in [2.45, 2.75) is 0 Å². The molecule has 0 aliphatic rings. The topological polar surface area (TPSA) is 38.7 Å². The van der Waals surface area contributed by atoms with Crippen LogP contribution in [0.4, 0.5) is 0 Å². The number of hydrogen-bond donors (Lipinski definition) is 0. The molecule has 3 heteroatoms. The zero-order valence-corrected chi connectivity index (χ0v) is 32.9. The maximum atomic E-state index is 4.96. The van der Waals surface area contributed by atoms with Crippen LogP contribution in [-0.4, -0.2) is 15.0 Å². The Hall–Kier alpha value is -8.01. The first-order chi connectivity index (χ1) is 29.8. The molecule has 10 aromatic rings. The molecule has 0 fully saturated rings. The van der Waals surface area contributed by atoms with Crippen molar-refractivity contribution in [2.24, 2.45) is 0 Å². The molecule has 0 N–H and O–H groups in total. The minimum absolute atomic E-state index is 0.640. The lowest BCUT2D eigenvalue weighted by atomic mass is 9.84. The lowest BCUT2D eigenvalue weighted by Crippen LogP contribution is -2.00. The van der Waals surface area contributed by atoms with Gasteiger partial charge in [-0.3, -0.25) is 0 Å². The highest BCUT2D eigenvalue weighted by molar-refractivity contribution is 6.07. The molecule has 282 valence electrons. The zero-order valence-electron chi connectivity index (χ0n) is 32.9. The zero-order chi connectivity index (χ0) is 40.1. The third kappa shape index (κ3) is 7.32. The molecular formula is C57H39N3. The monoisotopic (exact) mass is 765 g/mol. The van der Waals surface area contributed by atoms with Crippen LogP contribution in [0.25, 0.3) is 78.3 Å². The van der Waals surface area contributed by atoms with Gasteiger partial charge in [0.25, 0.3) is 0 Å². The fraction of sp³-hybridized carbons (Fsp3) is 0. The van der Waals surface area contributed by atoms with Crippen LogP contribution in [0.15, 0.2) is 237 Å². The Labute approximate surface area is 350 Å². The molecule has 0 aliphatic carbocycles. The van der Waals surface area contributed by atoms with Gasteiger partial charge in [0, 0.05) is 16.7 Å². The van der Waals surface area contributed by atoms with Crippen molar-refractivity contribution in [2.75, 3.05) is 0 Å². The van der Waals surface area contributed by atoms with Crippen molar-refractivity contribution in [3.8, 4) is 56.4 Å². The standard InChI is InChI=1S/C57H39N3/c1-6-19-41(20-7-1)53(42-21-8-2-9-22-42)54(43-23-10-3-11-24-43)48-30-18-29-47(39-48)50-38-37-49(51-31-16-17-32-52(50)51)40-33-35-46(36-34-40)57-59-55(44-25-12-4-13-26-44)58-56(60-57)45-27-14-5-15-28-45/h1-39H. The highest BCUT2D eigenvalue weighted by atomic mass is 15.0. The average Bonchev–Trinajstić information content (AvgIpc) is 3.34. The first-order valence-electron chi connectivity index (χ1n) is 20.3. The van der Waals surface area contributed by atoms with E-state index in [4.69, 9.17) is 15.0 Å². The van der Waals surface area contributed by atoms with Gasteiger partial charge in [0.05, 0.1) is 0 Å². The molecule has 10 rings (SSSR count). The molecule has 0 radical (unpaired) electrons. The van der Waals surface area contributed by atoms with E-state index in [9.17, 15) is 0 Å². The molecule has 0 saturated carbocycles. The minimum Gasteiger partial charge on any atom is -0.208 e. The molecule has 9 aromatic carbocycles. The number of benzene rings is 9. The fourth-order valence-electron chi connectivity index (χ4n) is 8.11. The van der Waals surface area contributed by atoms with Gasteiger partial charge < -0.3 is 0 Å². The van der Waals surface area contributed by atoms with Gasteiger partial charge >= 0.3 is 0 Å². The van der Waals surface area contributed by atoms with Crippen LogP contribution in [0.1, 0.15) is 22.3 Å². The third-order valence-corrected chi connectivity index (χ3v) is 11.0. The molecule has 0 atom stereocenters. The van der Waals surface area contributed by atoms with Crippen molar-refractivity contribution in [1.29, 1.82) is 0 Å². The van der Waals surface area contributed by atoms with E-state index in [1.165, 1.54) is 49.7 Å². The van der Waals surface area contributed by atoms with E-state index < -0.39 is 0 Å². The highest BCUT2D eigenvalue weighted by Crippen LogP contribution is 2.41. The Morgan fingerprint density at radius 2 is 0.550 bits per heavy atom. The second-order valence-corrected chi connectivity index (χ2v) is 14.8. The first kappa shape index (κ1) is 36.3. The lowest BCUT2D eigenvalue weighted by molar-refractivity contribution is 1.07. The molecule has 0 amide bonds. The van der Waals surface area contributed by atoms with Crippen LogP contribution in [-0.2, 0) is 0 Å². The van der Waals surface area contributed by atoms with Crippen LogP contribution in [0, 0.1) is 0 Å². The van der Waals surface area contributed by atoms with E-state index in [0.717, 1.165) is 33.4 Å². The second kappa shape index (κ2) is 16.5. The summed E-state index contributed by atoms with van der Waals surface area (Å²) in [6, 6.07) is 83.3. The predicted molar refractivity (Wildman–Crippen MR) is 249 cm³/mol. The highest BCUT2D eigenvalue weighted by Gasteiger charge is 2.18. The van der Waals surface area contributed by atoms with Gasteiger partial charge in [0.2, 0.25) is 0 Å². The number of aromatic nitrogens is 3. The molecule has 3 nitrogen and oxygen atoms in total. The summed E-state index contributed by atoms with van der Waals surface area (Å²) in [6.45, 7) is 0. The van der Waals surface area contributed by atoms with E-state index in [2.05, 4.69) is 176 Å². The minimum atomic E-state index is 0.640. The lowest BCUT2D eigenvalue weighted by Gasteiger charge is -2.19. The van der Waals surface area contributed by atoms with Crippen LogP contribution < -0.4 is 0 Å². The van der Waals surface area contributed by atoms with Crippen LogP contribution >= 0.6 is 0 Å². The molecular weight excluding hydrogens is 727 g/mol. The van der Waals surface area contributed by atoms with Crippen LogP contribution in [0.3, 0.4) is 0 Å². The largest absolute Gasteiger partial charge is 0.208 e. The molecule has 0 saturated heterocycles. The Kier molecular flexibility index (Phi) is 9.97. The maximum absolute atomic E-state index is 4.96. The van der Waals surface area contributed by atoms with E-state index in [-0.39, 0.29) is 0 Å². The Balaban J connectivity index is 1.06. The fourth-order valence-corrected chi connectivity index (χ4v) is 8.11. The average molecular weight is 766 g/mol. The summed E-state index contributed by atoms with van der Waals surface area (Å²) < 4.78 is 0. The summed E-state index contributed by atoms with van der Waals surface area (Å²) in [5.41, 5.74) is 14.6. The Bertz CT molecular complexity index is 2990. The Morgan fingerprint density at radius 1 is 0.233 bits per heavy atom. The van der Waals surface area contributed by atoms with Crippen molar-refractivity contribution >= 4 is 21.9 Å². The predicted octanol–water partition coefficient (Wildman–Crippen LogP) is 14.4. The van der Waals surface area contributed by atoms with E-state index in [1.54, 1.807) is 0 Å². The van der Waals surface area contributed by atoms with E-state index in [0.29, 0.717) is 17.5 Å². The summed E-state index contributed by atoms with van der Waals surface area (Å²) in [6.07, 6.45) is 0. The normalized spacial score (nSPS) is 11.0. The second-order valence-electron chi connectivity index (χ2n) is 14.8. The molecule has 60 heavy (non-hydrogen) atoms. The number of fused-ring (bicyclic) bond motifs is 1. The number of hydrogen-bond acceptors (Lipinski definition) is 3. The van der Waals surface area contributed by atoms with Gasteiger partial charge in [-0.05, 0) is 72.5 Å². The summed E-state index contributed by atoms with van der Waals surface area (Å²) in [5.74, 6) is 1.94. The summed E-state index contributed by atoms with van der Waals surface area (Å²) in [7, 11) is 0. The molecule has 0 spiro atoms. The quantitative estimate of drug-likeness (QED) is 0.137. The Morgan fingerprint density at radius 3 is 1.00 bits per heavy atom. The SMILES string of the molecule is c1ccc(C(=C(c2ccccc2)c2cccc(-c3ccc(-c4ccc(-c5nc(-c6ccccc6)nc(-c6ccccc6)n5)cc4)c4ccccc34)c2)c2ccccc2)cc1. The summed E-state index contributed by atoms with van der Waals surface area (Å²) in [4.78, 5) is 14.8. The maximum Gasteiger partial charge on any atom is 0.164 e. The third-order valence-electron chi connectivity index (χ3n) is 11.0. The van der Waals surface area contributed by atoms with Gasteiger partial charge in [-0.15, -0.1) is 0 Å². The van der Waals surface area contributed by atoms with Crippen LogP contribution in [0.2, 0.25) is 0 Å². The van der Waals surface area contributed by atoms with E-state index >= 15 is 0 Å². The molecule has 0 unspecified atom stereocenters. The number of rotatable bonds is 9. The molecule has 0 bridgehead atoms. The van der Waals surface area contributed by atoms with Gasteiger partial charge in [-0.1, -0.05) is 231 Å². The van der Waals surface area contributed by atoms with Gasteiger partial charge in [-0.25, -0.2) is 15.0 Å². The van der Waals surface area contributed by atoms with Gasteiger partial charge in [-0.2, -0.15) is 0 Å². The van der Waals surface area contributed by atoms with Crippen molar-refractivity contribution in [3.05, 3.63) is 259 Å². The van der Waals surface area contributed by atoms with Gasteiger partial charge in [0.15, 0.2) is 17.5 Å².